The van der Waals surface area contributed by atoms with Crippen LogP contribution in [0.2, 0.25) is 0 Å². The van der Waals surface area contributed by atoms with Crippen molar-refractivity contribution in [2.75, 3.05) is 0 Å². The molecule has 1 aromatic heterocycles. The largest absolute Gasteiger partial charge is 0.469 e. The van der Waals surface area contributed by atoms with Gasteiger partial charge in [-0.1, -0.05) is 12.1 Å². The van der Waals surface area contributed by atoms with Crippen molar-refractivity contribution in [2.45, 2.75) is 24.3 Å². The summed E-state index contributed by atoms with van der Waals surface area (Å²) in [4.78, 5) is 12.0. The van der Waals surface area contributed by atoms with Crippen molar-refractivity contribution in [3.8, 4) is 0 Å². The number of hydrogen-bond acceptors (Lipinski definition) is 4. The van der Waals surface area contributed by atoms with Crippen LogP contribution in [0.15, 0.2) is 52.0 Å². The first-order chi connectivity index (χ1) is 9.88. The second-order valence-electron chi connectivity index (χ2n) is 4.59. The lowest BCUT2D eigenvalue weighted by Crippen LogP contribution is -2.34. The zero-order valence-corrected chi connectivity index (χ0v) is 12.8. The fourth-order valence-corrected chi connectivity index (χ4v) is 3.02. The van der Waals surface area contributed by atoms with E-state index in [1.54, 1.807) is 31.4 Å². The highest BCUT2D eigenvalue weighted by atomic mass is 35.7. The predicted octanol–water partition coefficient (Wildman–Crippen LogP) is 2.57. The molecule has 1 amide bonds. The third-order valence-electron chi connectivity index (χ3n) is 2.86. The Kier molecular flexibility index (Phi) is 4.69. The topological polar surface area (TPSA) is 76.4 Å². The van der Waals surface area contributed by atoms with E-state index in [0.717, 1.165) is 5.76 Å². The summed E-state index contributed by atoms with van der Waals surface area (Å²) < 4.78 is 28.1. The molecule has 0 aliphatic rings. The third-order valence-corrected chi connectivity index (χ3v) is 4.24. The summed E-state index contributed by atoms with van der Waals surface area (Å²) in [5.74, 6) is 0.245. The maximum absolute atomic E-state index is 12.2. The van der Waals surface area contributed by atoms with Crippen LogP contribution in [0.5, 0.6) is 0 Å². The maximum Gasteiger partial charge on any atom is 0.262 e. The highest BCUT2D eigenvalue weighted by Gasteiger charge is 2.21. The van der Waals surface area contributed by atoms with E-state index in [-0.39, 0.29) is 16.5 Å². The number of carbonyl (C=O) groups excluding carboxylic acids is 1. The Balaban J connectivity index is 2.14. The number of hydrogen-bond donors (Lipinski definition) is 1. The first-order valence-corrected chi connectivity index (χ1v) is 8.56. The maximum atomic E-state index is 12.2. The van der Waals surface area contributed by atoms with Crippen molar-refractivity contribution in [1.29, 1.82) is 0 Å². The number of nitrogens with one attached hydrogen (secondary N) is 1. The van der Waals surface area contributed by atoms with Crippen LogP contribution in [-0.4, -0.2) is 20.4 Å². The van der Waals surface area contributed by atoms with Crippen LogP contribution < -0.4 is 5.32 Å². The molecule has 0 fully saturated rings. The number of rotatable bonds is 5. The SMILES string of the molecule is CC(Cc1ccco1)NC(=O)c1ccccc1S(=O)(=O)Cl. The number of benzene rings is 1. The summed E-state index contributed by atoms with van der Waals surface area (Å²) in [6.45, 7) is 1.80. The number of halogens is 1. The zero-order chi connectivity index (χ0) is 15.5. The van der Waals surface area contributed by atoms with Crippen LogP contribution in [0.3, 0.4) is 0 Å². The molecule has 7 heteroatoms. The summed E-state index contributed by atoms with van der Waals surface area (Å²) in [6.07, 6.45) is 2.06. The molecule has 0 aliphatic heterocycles. The molecule has 112 valence electrons. The molecular formula is C14H14ClNO4S. The molecule has 0 saturated heterocycles. The summed E-state index contributed by atoms with van der Waals surface area (Å²) in [5, 5.41) is 2.72. The lowest BCUT2D eigenvalue weighted by atomic mass is 10.1. The minimum Gasteiger partial charge on any atom is -0.469 e. The summed E-state index contributed by atoms with van der Waals surface area (Å²) in [5.41, 5.74) is 0.0267. The molecule has 1 aromatic carbocycles. The average molecular weight is 328 g/mol. The molecule has 2 aromatic rings. The molecule has 21 heavy (non-hydrogen) atoms. The Hall–Kier alpha value is -1.79. The smallest absolute Gasteiger partial charge is 0.262 e. The van der Waals surface area contributed by atoms with Gasteiger partial charge < -0.3 is 9.73 Å². The number of furan rings is 1. The molecule has 5 nitrogen and oxygen atoms in total. The lowest BCUT2D eigenvalue weighted by Gasteiger charge is -2.13. The van der Waals surface area contributed by atoms with E-state index < -0.39 is 15.0 Å². The van der Waals surface area contributed by atoms with Gasteiger partial charge in [0.25, 0.3) is 15.0 Å². The molecule has 1 N–H and O–H groups in total. The monoisotopic (exact) mass is 327 g/mol. The molecule has 0 spiro atoms. The van der Waals surface area contributed by atoms with E-state index >= 15 is 0 Å². The van der Waals surface area contributed by atoms with Gasteiger partial charge in [0, 0.05) is 23.1 Å². The van der Waals surface area contributed by atoms with E-state index in [0.29, 0.717) is 6.42 Å². The van der Waals surface area contributed by atoms with Crippen LogP contribution in [0.25, 0.3) is 0 Å². The second kappa shape index (κ2) is 6.32. The second-order valence-corrected chi connectivity index (χ2v) is 7.13. The van der Waals surface area contributed by atoms with Crippen molar-refractivity contribution < 1.29 is 17.6 Å². The van der Waals surface area contributed by atoms with Crippen molar-refractivity contribution in [1.82, 2.24) is 5.32 Å². The predicted molar refractivity (Wildman–Crippen MR) is 78.8 cm³/mol. The highest BCUT2D eigenvalue weighted by molar-refractivity contribution is 8.13. The van der Waals surface area contributed by atoms with E-state index in [9.17, 15) is 13.2 Å². The van der Waals surface area contributed by atoms with Gasteiger partial charge in [-0.2, -0.15) is 0 Å². The molecule has 0 bridgehead atoms. The molecule has 0 radical (unpaired) electrons. The molecule has 1 unspecified atom stereocenters. The normalized spacial score (nSPS) is 12.9. The van der Waals surface area contributed by atoms with Crippen molar-refractivity contribution in [2.24, 2.45) is 0 Å². The van der Waals surface area contributed by atoms with Crippen molar-refractivity contribution in [3.05, 3.63) is 54.0 Å². The van der Waals surface area contributed by atoms with Crippen LogP contribution in [0.1, 0.15) is 23.0 Å². The summed E-state index contributed by atoms with van der Waals surface area (Å²) in [6, 6.07) is 9.17. The van der Waals surface area contributed by atoms with Crippen molar-refractivity contribution in [3.63, 3.8) is 0 Å². The molecule has 0 saturated carbocycles. The first-order valence-electron chi connectivity index (χ1n) is 6.25. The van der Waals surface area contributed by atoms with Gasteiger partial charge in [0.2, 0.25) is 0 Å². The highest BCUT2D eigenvalue weighted by Crippen LogP contribution is 2.19. The molecule has 2 rings (SSSR count). The lowest BCUT2D eigenvalue weighted by molar-refractivity contribution is 0.0936. The zero-order valence-electron chi connectivity index (χ0n) is 11.2. The number of carbonyl (C=O) groups is 1. The van der Waals surface area contributed by atoms with Gasteiger partial charge in [0.15, 0.2) is 0 Å². The minimum atomic E-state index is -3.97. The Morgan fingerprint density at radius 1 is 1.29 bits per heavy atom. The van der Waals surface area contributed by atoms with Crippen LogP contribution in [-0.2, 0) is 15.5 Å². The average Bonchev–Trinajstić information content (AvgIpc) is 2.90. The molecule has 0 aliphatic carbocycles. The van der Waals surface area contributed by atoms with Gasteiger partial charge >= 0.3 is 0 Å². The molecular weight excluding hydrogens is 314 g/mol. The molecule has 1 heterocycles. The Labute approximate surface area is 127 Å². The van der Waals surface area contributed by atoms with Gasteiger partial charge in [0.05, 0.1) is 16.7 Å². The van der Waals surface area contributed by atoms with Crippen molar-refractivity contribution >= 4 is 25.6 Å². The Bertz CT molecular complexity index is 725. The van der Waals surface area contributed by atoms with Crippen LogP contribution in [0.4, 0.5) is 0 Å². The van der Waals surface area contributed by atoms with Gasteiger partial charge in [-0.25, -0.2) is 8.42 Å². The summed E-state index contributed by atoms with van der Waals surface area (Å²) in [7, 11) is 1.37. The van der Waals surface area contributed by atoms with E-state index in [1.807, 2.05) is 0 Å². The fraction of sp³-hybridized carbons (Fsp3) is 0.214. The summed E-state index contributed by atoms with van der Waals surface area (Å²) >= 11 is 0. The van der Waals surface area contributed by atoms with Gasteiger partial charge in [-0.15, -0.1) is 0 Å². The quantitative estimate of drug-likeness (QED) is 0.856. The minimum absolute atomic E-state index is 0.0267. The van der Waals surface area contributed by atoms with Crippen LogP contribution >= 0.6 is 10.7 Å². The van der Waals surface area contributed by atoms with E-state index in [4.69, 9.17) is 15.1 Å². The van der Waals surface area contributed by atoms with Crippen LogP contribution in [0, 0.1) is 0 Å². The number of amides is 1. The van der Waals surface area contributed by atoms with E-state index in [1.165, 1.54) is 18.2 Å². The fourth-order valence-electron chi connectivity index (χ4n) is 1.95. The first kappa shape index (κ1) is 15.6. The van der Waals surface area contributed by atoms with E-state index in [2.05, 4.69) is 5.32 Å². The molecule has 1 atom stereocenters. The Morgan fingerprint density at radius 3 is 2.62 bits per heavy atom. The standard InChI is InChI=1S/C14H14ClNO4S/c1-10(9-11-5-4-8-20-11)16-14(17)12-6-2-3-7-13(12)21(15,18)19/h2-8,10H,9H2,1H3,(H,16,17). The van der Waals surface area contributed by atoms with Gasteiger partial charge in [0.1, 0.15) is 5.76 Å². The van der Waals surface area contributed by atoms with Gasteiger partial charge in [-0.05, 0) is 31.2 Å². The Morgan fingerprint density at radius 2 is 2.00 bits per heavy atom. The van der Waals surface area contributed by atoms with Gasteiger partial charge in [-0.3, -0.25) is 4.79 Å². The third kappa shape index (κ3) is 4.09.